The first kappa shape index (κ1) is 31.5. The van der Waals surface area contributed by atoms with Crippen molar-refractivity contribution in [2.24, 2.45) is 0 Å². The molecule has 0 aliphatic rings. The summed E-state index contributed by atoms with van der Waals surface area (Å²) >= 11 is 0. The Labute approximate surface area is 298 Å². The molecule has 0 aliphatic heterocycles. The number of benzene rings is 6. The third-order valence-electron chi connectivity index (χ3n) is 9.02. The van der Waals surface area contributed by atoms with Crippen LogP contribution in [0.3, 0.4) is 0 Å². The van der Waals surface area contributed by atoms with Crippen LogP contribution in [0.5, 0.6) is 0 Å². The molecule has 244 valence electrons. The zero-order valence-electron chi connectivity index (χ0n) is 28.5. The second-order valence-corrected chi connectivity index (χ2v) is 12.5. The van der Waals surface area contributed by atoms with E-state index in [1.807, 2.05) is 77.7 Å². The van der Waals surface area contributed by atoms with Crippen molar-refractivity contribution < 1.29 is 0 Å². The highest BCUT2D eigenvalue weighted by molar-refractivity contribution is 5.81. The van der Waals surface area contributed by atoms with Crippen LogP contribution in [0.25, 0.3) is 56.2 Å². The van der Waals surface area contributed by atoms with Crippen LogP contribution in [0.2, 0.25) is 0 Å². The summed E-state index contributed by atoms with van der Waals surface area (Å²) in [5.74, 6) is 0.943. The van der Waals surface area contributed by atoms with Crippen LogP contribution in [0.1, 0.15) is 11.1 Å². The summed E-state index contributed by atoms with van der Waals surface area (Å²) < 4.78 is 0. The lowest BCUT2D eigenvalue weighted by atomic mass is 9.96. The van der Waals surface area contributed by atoms with Crippen molar-refractivity contribution in [3.63, 3.8) is 0 Å². The largest absolute Gasteiger partial charge is 0.247 e. The molecule has 0 bridgehead atoms. The Morgan fingerprint density at radius 2 is 0.686 bits per heavy atom. The summed E-state index contributed by atoms with van der Waals surface area (Å²) in [6.07, 6.45) is 0. The second-order valence-electron chi connectivity index (χ2n) is 12.5. The summed E-state index contributed by atoms with van der Waals surface area (Å²) in [6, 6.07) is 60.0. The fourth-order valence-electron chi connectivity index (χ4n) is 6.33. The van der Waals surface area contributed by atoms with E-state index in [-0.39, 0.29) is 0 Å². The SMILES string of the molecule is Cc1ccccc1-c1cc(N(c2nc(-c3ccccc3)cc(-c3ccccc3)n2)c2nc(-c3ccccc3)cc(-c3ccccc3)n2)ccc1C. The first-order chi connectivity index (χ1) is 25.1. The molecule has 8 aromatic rings. The number of nitrogens with zero attached hydrogens (tertiary/aromatic N) is 5. The minimum absolute atomic E-state index is 0.471. The summed E-state index contributed by atoms with van der Waals surface area (Å²) in [5.41, 5.74) is 12.7. The summed E-state index contributed by atoms with van der Waals surface area (Å²) in [5, 5.41) is 0. The van der Waals surface area contributed by atoms with E-state index in [0.29, 0.717) is 11.9 Å². The molecule has 0 unspecified atom stereocenters. The minimum atomic E-state index is 0.471. The highest BCUT2D eigenvalue weighted by atomic mass is 15.3. The van der Waals surface area contributed by atoms with Gasteiger partial charge in [-0.15, -0.1) is 0 Å². The monoisotopic (exact) mass is 657 g/mol. The number of anilines is 3. The number of hydrogen-bond acceptors (Lipinski definition) is 5. The fourth-order valence-corrected chi connectivity index (χ4v) is 6.33. The maximum atomic E-state index is 5.26. The molecular weight excluding hydrogens is 623 g/mol. The van der Waals surface area contributed by atoms with Crippen molar-refractivity contribution in [1.82, 2.24) is 19.9 Å². The second kappa shape index (κ2) is 14.0. The summed E-state index contributed by atoms with van der Waals surface area (Å²) in [4.78, 5) is 23.1. The first-order valence-electron chi connectivity index (χ1n) is 17.1. The van der Waals surface area contributed by atoms with Gasteiger partial charge in [-0.05, 0) is 60.4 Å². The molecule has 0 saturated carbocycles. The van der Waals surface area contributed by atoms with Gasteiger partial charge in [-0.2, -0.15) is 0 Å². The van der Waals surface area contributed by atoms with E-state index in [2.05, 4.69) is 117 Å². The summed E-state index contributed by atoms with van der Waals surface area (Å²) in [6.45, 7) is 4.30. The van der Waals surface area contributed by atoms with Crippen molar-refractivity contribution >= 4 is 17.6 Å². The van der Waals surface area contributed by atoms with Crippen molar-refractivity contribution in [1.29, 1.82) is 0 Å². The highest BCUT2D eigenvalue weighted by Gasteiger charge is 2.24. The van der Waals surface area contributed by atoms with Crippen LogP contribution in [0.4, 0.5) is 17.6 Å². The molecule has 0 radical (unpaired) electrons. The van der Waals surface area contributed by atoms with Gasteiger partial charge in [0.2, 0.25) is 11.9 Å². The van der Waals surface area contributed by atoms with Crippen molar-refractivity contribution in [3.8, 4) is 56.2 Å². The molecule has 0 N–H and O–H groups in total. The molecule has 2 heterocycles. The van der Waals surface area contributed by atoms with Crippen LogP contribution in [0, 0.1) is 13.8 Å². The average molecular weight is 658 g/mol. The zero-order valence-corrected chi connectivity index (χ0v) is 28.5. The van der Waals surface area contributed by atoms with Gasteiger partial charge in [0.25, 0.3) is 0 Å². The third-order valence-corrected chi connectivity index (χ3v) is 9.02. The fraction of sp³-hybridized carbons (Fsp3) is 0.0435. The van der Waals surface area contributed by atoms with Crippen LogP contribution < -0.4 is 4.90 Å². The minimum Gasteiger partial charge on any atom is -0.247 e. The standard InChI is InChI=1S/C46H35N5/c1-32-17-15-16-26-39(32)40-29-38(28-27-33(40)2)51(45-47-41(34-18-7-3-8-19-34)30-42(48-45)35-20-9-4-10-21-35)46-49-43(36-22-11-5-12-23-36)31-44(50-46)37-24-13-6-14-25-37/h3-31H,1-2H3. The molecule has 51 heavy (non-hydrogen) atoms. The molecule has 0 amide bonds. The molecule has 5 nitrogen and oxygen atoms in total. The average Bonchev–Trinajstić information content (AvgIpc) is 3.20. The van der Waals surface area contributed by atoms with Gasteiger partial charge in [0.1, 0.15) is 0 Å². The highest BCUT2D eigenvalue weighted by Crippen LogP contribution is 2.39. The lowest BCUT2D eigenvalue weighted by molar-refractivity contribution is 1.02. The molecule has 2 aromatic heterocycles. The molecule has 5 heteroatoms. The first-order valence-corrected chi connectivity index (χ1v) is 17.1. The van der Waals surface area contributed by atoms with Gasteiger partial charge in [-0.3, -0.25) is 0 Å². The van der Waals surface area contributed by atoms with Crippen molar-refractivity contribution in [3.05, 3.63) is 187 Å². The smallest absolute Gasteiger partial charge is 0.238 e. The Morgan fingerprint density at radius 3 is 1.08 bits per heavy atom. The van der Waals surface area contributed by atoms with Gasteiger partial charge in [0.05, 0.1) is 28.5 Å². The molecule has 0 spiro atoms. The van der Waals surface area contributed by atoms with E-state index in [1.165, 1.54) is 16.7 Å². The summed E-state index contributed by atoms with van der Waals surface area (Å²) in [7, 11) is 0. The normalized spacial score (nSPS) is 10.9. The van der Waals surface area contributed by atoms with E-state index in [1.54, 1.807) is 0 Å². The van der Waals surface area contributed by atoms with E-state index in [9.17, 15) is 0 Å². The predicted molar refractivity (Wildman–Crippen MR) is 209 cm³/mol. The molecule has 0 saturated heterocycles. The van der Waals surface area contributed by atoms with Gasteiger partial charge in [-0.1, -0.05) is 152 Å². The number of aryl methyl sites for hydroxylation is 2. The van der Waals surface area contributed by atoms with Gasteiger partial charge in [-0.25, -0.2) is 24.8 Å². The molecule has 0 aliphatic carbocycles. The molecule has 0 atom stereocenters. The van der Waals surface area contributed by atoms with Crippen LogP contribution in [0.15, 0.2) is 176 Å². The third kappa shape index (κ3) is 6.65. The van der Waals surface area contributed by atoms with E-state index in [4.69, 9.17) is 19.9 Å². The molecule has 8 rings (SSSR count). The van der Waals surface area contributed by atoms with Crippen molar-refractivity contribution in [2.45, 2.75) is 13.8 Å². The van der Waals surface area contributed by atoms with Gasteiger partial charge < -0.3 is 0 Å². The molecule has 0 fully saturated rings. The number of aromatic nitrogens is 4. The lowest BCUT2D eigenvalue weighted by Crippen LogP contribution is -2.18. The Hall–Kier alpha value is -6.72. The van der Waals surface area contributed by atoms with Crippen LogP contribution >= 0.6 is 0 Å². The maximum absolute atomic E-state index is 5.26. The number of hydrogen-bond donors (Lipinski definition) is 0. The van der Waals surface area contributed by atoms with Gasteiger partial charge in [0.15, 0.2) is 0 Å². The Morgan fingerprint density at radius 1 is 0.333 bits per heavy atom. The van der Waals surface area contributed by atoms with E-state index >= 15 is 0 Å². The zero-order chi connectivity index (χ0) is 34.6. The van der Waals surface area contributed by atoms with Gasteiger partial charge in [0, 0.05) is 22.3 Å². The van der Waals surface area contributed by atoms with Crippen LogP contribution in [-0.2, 0) is 0 Å². The van der Waals surface area contributed by atoms with E-state index in [0.717, 1.165) is 56.3 Å². The molecular formula is C46H35N5. The topological polar surface area (TPSA) is 54.8 Å². The molecule has 6 aromatic carbocycles. The van der Waals surface area contributed by atoms with Gasteiger partial charge >= 0.3 is 0 Å². The quantitative estimate of drug-likeness (QED) is 0.163. The maximum Gasteiger partial charge on any atom is 0.238 e. The Kier molecular flexibility index (Phi) is 8.67. The Bertz CT molecular complexity index is 2190. The van der Waals surface area contributed by atoms with Crippen LogP contribution in [-0.4, -0.2) is 19.9 Å². The van der Waals surface area contributed by atoms with Crippen molar-refractivity contribution in [2.75, 3.05) is 4.90 Å². The van der Waals surface area contributed by atoms with E-state index < -0.39 is 0 Å². The lowest BCUT2D eigenvalue weighted by Gasteiger charge is -2.24. The predicted octanol–water partition coefficient (Wildman–Crippen LogP) is 11.7. The number of rotatable bonds is 8. The Balaban J connectivity index is 1.43.